The zero-order valence-electron chi connectivity index (χ0n) is 14.3. The summed E-state index contributed by atoms with van der Waals surface area (Å²) in [7, 11) is 0. The molecule has 2 aromatic heterocycles. The number of hydrogen-bond acceptors (Lipinski definition) is 5. The molecule has 0 aliphatic carbocycles. The predicted octanol–water partition coefficient (Wildman–Crippen LogP) is 1.95. The van der Waals surface area contributed by atoms with E-state index in [9.17, 15) is 4.79 Å². The second-order valence-electron chi connectivity index (χ2n) is 6.48. The summed E-state index contributed by atoms with van der Waals surface area (Å²) < 4.78 is 0. The van der Waals surface area contributed by atoms with Gasteiger partial charge in [0.1, 0.15) is 5.82 Å². The summed E-state index contributed by atoms with van der Waals surface area (Å²) in [5.74, 6) is 0.647. The highest BCUT2D eigenvalue weighted by Gasteiger charge is 2.18. The maximum atomic E-state index is 12.2. The average Bonchev–Trinajstić information content (AvgIpc) is 2.63. The van der Waals surface area contributed by atoms with Gasteiger partial charge in [-0.15, -0.1) is 0 Å². The first-order chi connectivity index (χ1) is 12.2. The topological polar surface area (TPSA) is 65.1 Å². The summed E-state index contributed by atoms with van der Waals surface area (Å²) in [5.41, 5.74) is 3.01. The number of rotatable bonds is 3. The van der Waals surface area contributed by atoms with Gasteiger partial charge < -0.3 is 9.88 Å². The lowest BCUT2D eigenvalue weighted by Gasteiger charge is -2.36. The molecule has 1 aliphatic rings. The first-order valence-corrected chi connectivity index (χ1v) is 8.56. The van der Waals surface area contributed by atoms with Crippen molar-refractivity contribution in [2.24, 2.45) is 0 Å². The lowest BCUT2D eigenvalue weighted by molar-refractivity contribution is 0.249. The third-order valence-corrected chi connectivity index (χ3v) is 4.67. The number of piperazine rings is 1. The van der Waals surface area contributed by atoms with Crippen LogP contribution in [0.2, 0.25) is 0 Å². The second-order valence-corrected chi connectivity index (χ2v) is 6.48. The second kappa shape index (κ2) is 6.64. The highest BCUT2D eigenvalue weighted by molar-refractivity contribution is 5.81. The van der Waals surface area contributed by atoms with Gasteiger partial charge in [0.15, 0.2) is 0 Å². The van der Waals surface area contributed by atoms with E-state index in [1.54, 1.807) is 13.1 Å². The number of benzene rings is 1. The monoisotopic (exact) mass is 335 g/mol. The number of pyridine rings is 1. The highest BCUT2D eigenvalue weighted by Crippen LogP contribution is 2.21. The Labute approximate surface area is 146 Å². The number of aryl methyl sites for hydroxylation is 1. The number of aromatic amines is 1. The zero-order valence-corrected chi connectivity index (χ0v) is 14.3. The number of anilines is 1. The minimum absolute atomic E-state index is 0.0698. The number of fused-ring (bicyclic) bond motifs is 1. The molecule has 1 aliphatic heterocycles. The molecule has 1 N–H and O–H groups in total. The van der Waals surface area contributed by atoms with Crippen LogP contribution in [-0.4, -0.2) is 46.0 Å². The summed E-state index contributed by atoms with van der Waals surface area (Å²) in [6.45, 7) is 6.62. The number of nitrogens with zero attached hydrogens (tertiary/aromatic N) is 4. The van der Waals surface area contributed by atoms with E-state index < -0.39 is 0 Å². The van der Waals surface area contributed by atoms with Crippen LogP contribution in [-0.2, 0) is 6.54 Å². The Hall–Kier alpha value is -2.73. The Morgan fingerprint density at radius 2 is 2.00 bits per heavy atom. The van der Waals surface area contributed by atoms with Gasteiger partial charge in [-0.2, -0.15) is 0 Å². The van der Waals surface area contributed by atoms with Crippen molar-refractivity contribution in [3.63, 3.8) is 0 Å². The Morgan fingerprint density at radius 1 is 1.16 bits per heavy atom. The van der Waals surface area contributed by atoms with Gasteiger partial charge in [-0.1, -0.05) is 6.07 Å². The fraction of sp³-hybridized carbons (Fsp3) is 0.316. The van der Waals surface area contributed by atoms with Crippen molar-refractivity contribution < 1.29 is 0 Å². The molecule has 6 nitrogen and oxygen atoms in total. The van der Waals surface area contributed by atoms with Gasteiger partial charge in [0.05, 0.1) is 10.9 Å². The van der Waals surface area contributed by atoms with E-state index >= 15 is 0 Å². The zero-order chi connectivity index (χ0) is 17.2. The number of aromatic nitrogens is 3. The quantitative estimate of drug-likeness (QED) is 0.792. The van der Waals surface area contributed by atoms with Gasteiger partial charge in [0.2, 0.25) is 0 Å². The van der Waals surface area contributed by atoms with Gasteiger partial charge in [-0.3, -0.25) is 14.7 Å². The maximum Gasteiger partial charge on any atom is 0.258 e. The van der Waals surface area contributed by atoms with Crippen LogP contribution < -0.4 is 10.5 Å². The van der Waals surface area contributed by atoms with E-state index in [0.29, 0.717) is 11.2 Å². The molecule has 0 radical (unpaired) electrons. The third kappa shape index (κ3) is 3.39. The molecule has 6 heteroatoms. The summed E-state index contributed by atoms with van der Waals surface area (Å²) in [5, 5.41) is 0.654. The Morgan fingerprint density at radius 3 is 2.76 bits per heavy atom. The SMILES string of the molecule is Cc1nc2ccc(N3CCN(Cc4cccnc4)CC3)cc2c(=O)[nH]1. The largest absolute Gasteiger partial charge is 0.369 e. The molecule has 0 atom stereocenters. The van der Waals surface area contributed by atoms with Gasteiger partial charge in [0.25, 0.3) is 5.56 Å². The molecule has 0 spiro atoms. The summed E-state index contributed by atoms with van der Waals surface area (Å²) in [6, 6.07) is 10.1. The van der Waals surface area contributed by atoms with Crippen molar-refractivity contribution in [2.45, 2.75) is 13.5 Å². The summed E-state index contributed by atoms with van der Waals surface area (Å²) in [4.78, 5) is 28.3. The fourth-order valence-electron chi connectivity index (χ4n) is 3.35. The van der Waals surface area contributed by atoms with Crippen LogP contribution in [0.4, 0.5) is 5.69 Å². The van der Waals surface area contributed by atoms with Crippen LogP contribution in [0.15, 0.2) is 47.5 Å². The minimum atomic E-state index is -0.0698. The Balaban J connectivity index is 1.47. The van der Waals surface area contributed by atoms with E-state index in [2.05, 4.69) is 36.9 Å². The average molecular weight is 335 g/mol. The van der Waals surface area contributed by atoms with E-state index in [0.717, 1.165) is 43.9 Å². The van der Waals surface area contributed by atoms with Gasteiger partial charge >= 0.3 is 0 Å². The molecule has 0 bridgehead atoms. The molecule has 0 unspecified atom stereocenters. The molecule has 3 aromatic rings. The summed E-state index contributed by atoms with van der Waals surface area (Å²) >= 11 is 0. The van der Waals surface area contributed by atoms with Gasteiger partial charge in [-0.25, -0.2) is 4.98 Å². The van der Waals surface area contributed by atoms with Crippen molar-refractivity contribution in [2.75, 3.05) is 31.1 Å². The molecule has 3 heterocycles. The van der Waals surface area contributed by atoms with Crippen LogP contribution in [0.3, 0.4) is 0 Å². The first-order valence-electron chi connectivity index (χ1n) is 8.56. The smallest absolute Gasteiger partial charge is 0.258 e. The third-order valence-electron chi connectivity index (χ3n) is 4.67. The standard InChI is InChI=1S/C19H21N5O/c1-14-21-18-5-4-16(11-17(18)19(25)22-14)24-9-7-23(8-10-24)13-15-3-2-6-20-12-15/h2-6,11-12H,7-10,13H2,1H3,(H,21,22,25). The van der Waals surface area contributed by atoms with Crippen molar-refractivity contribution in [1.82, 2.24) is 19.9 Å². The van der Waals surface area contributed by atoms with Crippen LogP contribution in [0.1, 0.15) is 11.4 Å². The maximum absolute atomic E-state index is 12.2. The van der Waals surface area contributed by atoms with Crippen LogP contribution in [0, 0.1) is 6.92 Å². The van der Waals surface area contributed by atoms with Gasteiger partial charge in [0, 0.05) is 50.8 Å². The molecule has 0 saturated carbocycles. The fourth-order valence-corrected chi connectivity index (χ4v) is 3.35. The van der Waals surface area contributed by atoms with Gasteiger partial charge in [-0.05, 0) is 36.8 Å². The number of hydrogen-bond donors (Lipinski definition) is 1. The molecule has 0 amide bonds. The lowest BCUT2D eigenvalue weighted by Crippen LogP contribution is -2.46. The first kappa shape index (κ1) is 15.8. The lowest BCUT2D eigenvalue weighted by atomic mass is 10.1. The molecule has 128 valence electrons. The van der Waals surface area contributed by atoms with E-state index in [4.69, 9.17) is 0 Å². The molecule has 1 aromatic carbocycles. The highest BCUT2D eigenvalue weighted by atomic mass is 16.1. The minimum Gasteiger partial charge on any atom is -0.369 e. The van der Waals surface area contributed by atoms with Crippen molar-refractivity contribution in [3.05, 3.63) is 64.5 Å². The van der Waals surface area contributed by atoms with E-state index in [1.165, 1.54) is 5.56 Å². The number of H-pyrrole nitrogens is 1. The van der Waals surface area contributed by atoms with E-state index in [-0.39, 0.29) is 5.56 Å². The van der Waals surface area contributed by atoms with Crippen LogP contribution >= 0.6 is 0 Å². The van der Waals surface area contributed by atoms with Crippen LogP contribution in [0.5, 0.6) is 0 Å². The van der Waals surface area contributed by atoms with Crippen molar-refractivity contribution in [3.8, 4) is 0 Å². The molecule has 4 rings (SSSR count). The predicted molar refractivity (Wildman–Crippen MR) is 98.8 cm³/mol. The Kier molecular flexibility index (Phi) is 4.19. The van der Waals surface area contributed by atoms with Crippen molar-refractivity contribution >= 4 is 16.6 Å². The van der Waals surface area contributed by atoms with E-state index in [1.807, 2.05) is 24.4 Å². The molecular formula is C19H21N5O. The molecular weight excluding hydrogens is 314 g/mol. The molecule has 25 heavy (non-hydrogen) atoms. The molecule has 1 saturated heterocycles. The normalized spacial score (nSPS) is 15.6. The number of nitrogens with one attached hydrogen (secondary N) is 1. The summed E-state index contributed by atoms with van der Waals surface area (Å²) in [6.07, 6.45) is 3.73. The Bertz CT molecular complexity index is 929. The van der Waals surface area contributed by atoms with Crippen molar-refractivity contribution in [1.29, 1.82) is 0 Å². The molecule has 1 fully saturated rings. The van der Waals surface area contributed by atoms with Crippen LogP contribution in [0.25, 0.3) is 10.9 Å².